The number of halogens is 1. The lowest BCUT2D eigenvalue weighted by Gasteiger charge is -2.15. The van der Waals surface area contributed by atoms with Gasteiger partial charge in [0, 0.05) is 4.47 Å². The number of amides is 1. The van der Waals surface area contributed by atoms with E-state index in [9.17, 15) is 9.59 Å². The Kier molecular flexibility index (Phi) is 5.74. The first-order valence-corrected chi connectivity index (χ1v) is 8.41. The topological polar surface area (TPSA) is 55.4 Å². The highest BCUT2D eigenvalue weighted by Crippen LogP contribution is 2.22. The zero-order chi connectivity index (χ0) is 16.1. The fourth-order valence-corrected chi connectivity index (χ4v) is 3.41. The van der Waals surface area contributed by atoms with Crippen molar-refractivity contribution < 1.29 is 14.3 Å². The average Bonchev–Trinajstić information content (AvgIpc) is 2.91. The number of aryl methyl sites for hydroxylation is 1. The lowest BCUT2D eigenvalue weighted by Crippen LogP contribution is -2.31. The van der Waals surface area contributed by atoms with Gasteiger partial charge in [-0.25, -0.2) is 4.79 Å². The molecule has 1 atom stereocenters. The first-order chi connectivity index (χ1) is 10.5. The van der Waals surface area contributed by atoms with E-state index in [2.05, 4.69) is 21.2 Å². The highest BCUT2D eigenvalue weighted by molar-refractivity contribution is 9.10. The van der Waals surface area contributed by atoms with Crippen LogP contribution in [0.15, 0.2) is 40.2 Å². The van der Waals surface area contributed by atoms with Crippen molar-refractivity contribution in [2.75, 3.05) is 6.61 Å². The first-order valence-electron chi connectivity index (χ1n) is 6.74. The van der Waals surface area contributed by atoms with Gasteiger partial charge in [0.15, 0.2) is 6.61 Å². The lowest BCUT2D eigenvalue weighted by atomic mass is 10.1. The van der Waals surface area contributed by atoms with Crippen LogP contribution in [0.3, 0.4) is 0 Å². The Morgan fingerprint density at radius 3 is 2.68 bits per heavy atom. The van der Waals surface area contributed by atoms with Crippen LogP contribution >= 0.6 is 27.3 Å². The summed E-state index contributed by atoms with van der Waals surface area (Å²) in [5.41, 5.74) is 1.83. The third-order valence-corrected chi connectivity index (χ3v) is 4.85. The van der Waals surface area contributed by atoms with E-state index in [-0.39, 0.29) is 18.6 Å². The van der Waals surface area contributed by atoms with Gasteiger partial charge < -0.3 is 10.1 Å². The summed E-state index contributed by atoms with van der Waals surface area (Å²) in [5, 5.41) is 4.63. The van der Waals surface area contributed by atoms with Crippen LogP contribution in [0.4, 0.5) is 0 Å². The average molecular weight is 382 g/mol. The number of ether oxygens (including phenoxy) is 1. The number of nitrogens with one attached hydrogen (secondary N) is 1. The van der Waals surface area contributed by atoms with Gasteiger partial charge in [-0.1, -0.05) is 34.1 Å². The standard InChI is InChI=1S/C16H16BrNO3S/c1-10-7-8-22-15(10)16(20)21-9-14(19)18-11(2)12-5-3-4-6-13(12)17/h3-8,11H,9H2,1-2H3,(H,18,19)/t11-/m0/s1. The minimum atomic E-state index is -0.462. The largest absolute Gasteiger partial charge is 0.451 e. The molecule has 0 radical (unpaired) electrons. The summed E-state index contributed by atoms with van der Waals surface area (Å²) in [6.45, 7) is 3.43. The summed E-state index contributed by atoms with van der Waals surface area (Å²) in [4.78, 5) is 24.3. The number of carbonyl (C=O) groups is 2. The second-order valence-corrected chi connectivity index (χ2v) is 6.59. The molecule has 0 aliphatic heterocycles. The second kappa shape index (κ2) is 7.56. The molecule has 1 aromatic heterocycles. The van der Waals surface area contributed by atoms with Crippen LogP contribution in [-0.2, 0) is 9.53 Å². The molecule has 1 heterocycles. The normalized spacial score (nSPS) is 11.8. The Hall–Kier alpha value is -1.66. The summed E-state index contributed by atoms with van der Waals surface area (Å²) in [7, 11) is 0. The predicted octanol–water partition coefficient (Wildman–Crippen LogP) is 3.85. The summed E-state index contributed by atoms with van der Waals surface area (Å²) >= 11 is 4.76. The fraction of sp³-hybridized carbons (Fsp3) is 0.250. The molecule has 2 aromatic rings. The van der Waals surface area contributed by atoms with E-state index >= 15 is 0 Å². The van der Waals surface area contributed by atoms with E-state index in [4.69, 9.17) is 4.74 Å². The number of thiophene rings is 1. The van der Waals surface area contributed by atoms with E-state index in [1.54, 1.807) is 0 Å². The zero-order valence-electron chi connectivity index (χ0n) is 12.3. The number of esters is 1. The number of hydrogen-bond donors (Lipinski definition) is 1. The molecule has 22 heavy (non-hydrogen) atoms. The highest BCUT2D eigenvalue weighted by atomic mass is 79.9. The number of rotatable bonds is 5. The SMILES string of the molecule is Cc1ccsc1C(=O)OCC(=O)N[C@@H](C)c1ccccc1Br. The van der Waals surface area contributed by atoms with Gasteiger partial charge in [0.25, 0.3) is 5.91 Å². The smallest absolute Gasteiger partial charge is 0.349 e. The molecule has 2 rings (SSSR count). The third-order valence-electron chi connectivity index (χ3n) is 3.13. The van der Waals surface area contributed by atoms with Crippen molar-refractivity contribution in [3.05, 3.63) is 56.2 Å². The Morgan fingerprint density at radius 1 is 1.32 bits per heavy atom. The van der Waals surface area contributed by atoms with Crippen LogP contribution in [-0.4, -0.2) is 18.5 Å². The van der Waals surface area contributed by atoms with Crippen molar-refractivity contribution in [1.82, 2.24) is 5.32 Å². The van der Waals surface area contributed by atoms with Gasteiger partial charge in [-0.15, -0.1) is 11.3 Å². The van der Waals surface area contributed by atoms with Crippen LogP contribution < -0.4 is 5.32 Å². The molecule has 0 spiro atoms. The van der Waals surface area contributed by atoms with Crippen molar-refractivity contribution >= 4 is 39.1 Å². The molecular weight excluding hydrogens is 366 g/mol. The van der Waals surface area contributed by atoms with E-state index in [0.717, 1.165) is 15.6 Å². The molecule has 0 saturated heterocycles. The predicted molar refractivity (Wildman–Crippen MR) is 90.0 cm³/mol. The monoisotopic (exact) mass is 381 g/mol. The van der Waals surface area contributed by atoms with Gasteiger partial charge in [-0.3, -0.25) is 4.79 Å². The third kappa shape index (κ3) is 4.18. The molecule has 0 aliphatic rings. The first kappa shape index (κ1) is 16.7. The summed E-state index contributed by atoms with van der Waals surface area (Å²) in [5.74, 6) is -0.790. The van der Waals surface area contributed by atoms with Crippen molar-refractivity contribution in [2.24, 2.45) is 0 Å². The van der Waals surface area contributed by atoms with Crippen LogP contribution in [0.2, 0.25) is 0 Å². The van der Waals surface area contributed by atoms with E-state index in [1.807, 2.05) is 49.6 Å². The van der Waals surface area contributed by atoms with Gasteiger partial charge in [0.05, 0.1) is 6.04 Å². The molecule has 0 fully saturated rings. The summed E-state index contributed by atoms with van der Waals surface area (Å²) < 4.78 is 5.97. The van der Waals surface area contributed by atoms with Crippen molar-refractivity contribution in [3.8, 4) is 0 Å². The molecule has 4 nitrogen and oxygen atoms in total. The number of carbonyl (C=O) groups excluding carboxylic acids is 2. The van der Waals surface area contributed by atoms with Crippen molar-refractivity contribution in [1.29, 1.82) is 0 Å². The summed E-state index contributed by atoms with van der Waals surface area (Å²) in [6, 6.07) is 9.32. The molecule has 1 amide bonds. The van der Waals surface area contributed by atoms with Crippen LogP contribution in [0.1, 0.15) is 33.8 Å². The maximum atomic E-state index is 11.9. The molecule has 6 heteroatoms. The zero-order valence-corrected chi connectivity index (χ0v) is 14.7. The number of benzene rings is 1. The minimum Gasteiger partial charge on any atom is -0.451 e. The maximum absolute atomic E-state index is 11.9. The van der Waals surface area contributed by atoms with Crippen LogP contribution in [0.25, 0.3) is 0 Å². The second-order valence-electron chi connectivity index (χ2n) is 4.82. The fourth-order valence-electron chi connectivity index (χ4n) is 1.97. The highest BCUT2D eigenvalue weighted by Gasteiger charge is 2.16. The van der Waals surface area contributed by atoms with Crippen molar-refractivity contribution in [3.63, 3.8) is 0 Å². The Labute approximate surface area is 141 Å². The maximum Gasteiger partial charge on any atom is 0.349 e. The Bertz CT molecular complexity index is 684. The Balaban J connectivity index is 1.87. The molecule has 1 N–H and O–H groups in total. The van der Waals surface area contributed by atoms with E-state index in [1.165, 1.54) is 11.3 Å². The molecular formula is C16H16BrNO3S. The number of hydrogen-bond acceptors (Lipinski definition) is 4. The minimum absolute atomic E-state index is 0.176. The molecule has 0 saturated carbocycles. The van der Waals surface area contributed by atoms with E-state index < -0.39 is 5.97 Å². The van der Waals surface area contributed by atoms with Gasteiger partial charge in [-0.05, 0) is 42.5 Å². The Morgan fingerprint density at radius 2 is 2.05 bits per heavy atom. The molecule has 1 aromatic carbocycles. The van der Waals surface area contributed by atoms with Gasteiger partial charge in [0.2, 0.25) is 0 Å². The summed E-state index contributed by atoms with van der Waals surface area (Å²) in [6.07, 6.45) is 0. The molecule has 0 bridgehead atoms. The molecule has 116 valence electrons. The van der Waals surface area contributed by atoms with E-state index in [0.29, 0.717) is 4.88 Å². The van der Waals surface area contributed by atoms with Crippen LogP contribution in [0.5, 0.6) is 0 Å². The quantitative estimate of drug-likeness (QED) is 0.800. The lowest BCUT2D eigenvalue weighted by molar-refractivity contribution is -0.124. The molecule has 0 unspecified atom stereocenters. The van der Waals surface area contributed by atoms with Gasteiger partial charge in [-0.2, -0.15) is 0 Å². The van der Waals surface area contributed by atoms with Crippen LogP contribution in [0, 0.1) is 6.92 Å². The van der Waals surface area contributed by atoms with Crippen molar-refractivity contribution in [2.45, 2.75) is 19.9 Å². The van der Waals surface area contributed by atoms with Gasteiger partial charge in [0.1, 0.15) is 4.88 Å². The molecule has 0 aliphatic carbocycles. The van der Waals surface area contributed by atoms with Gasteiger partial charge >= 0.3 is 5.97 Å².